The molecule has 6 heteroatoms. The van der Waals surface area contributed by atoms with Crippen LogP contribution in [0.1, 0.15) is 24.8 Å². The van der Waals surface area contributed by atoms with Gasteiger partial charge in [-0.3, -0.25) is 0 Å². The summed E-state index contributed by atoms with van der Waals surface area (Å²) in [5.41, 5.74) is 0. The van der Waals surface area contributed by atoms with E-state index in [-0.39, 0.29) is 18.8 Å². The third kappa shape index (κ3) is 2.32. The topological polar surface area (TPSA) is 51.6 Å². The molecule has 4 nitrogen and oxygen atoms in total. The first kappa shape index (κ1) is 11.3. The average molecular weight is 250 g/mol. The quantitative estimate of drug-likeness (QED) is 0.871. The summed E-state index contributed by atoms with van der Waals surface area (Å²) in [6.45, 7) is 3.56. The van der Waals surface area contributed by atoms with Crippen molar-refractivity contribution in [3.05, 3.63) is 15.5 Å². The fourth-order valence-corrected chi connectivity index (χ4v) is 2.64. The zero-order chi connectivity index (χ0) is 11.1. The van der Waals surface area contributed by atoms with E-state index in [9.17, 15) is 5.11 Å². The van der Waals surface area contributed by atoms with E-state index < -0.39 is 5.79 Å². The number of nitrogens with zero attached hydrogens (tertiary/aromatic N) is 1. The Labute approximate surface area is 96.8 Å². The van der Waals surface area contributed by atoms with Gasteiger partial charge in [0.25, 0.3) is 0 Å². The van der Waals surface area contributed by atoms with Crippen LogP contribution in [0.15, 0.2) is 6.20 Å². The largest absolute Gasteiger partial charge is 0.394 e. The van der Waals surface area contributed by atoms with Gasteiger partial charge in [0.2, 0.25) is 0 Å². The minimum Gasteiger partial charge on any atom is -0.394 e. The van der Waals surface area contributed by atoms with E-state index in [1.165, 1.54) is 11.3 Å². The highest BCUT2D eigenvalue weighted by Gasteiger charge is 2.42. The summed E-state index contributed by atoms with van der Waals surface area (Å²) < 4.78 is 11.7. The molecule has 0 aromatic carbocycles. The molecule has 1 aromatic rings. The molecule has 1 N–H and O–H groups in total. The molecule has 1 aromatic heterocycles. The molecule has 0 radical (unpaired) electrons. The van der Waals surface area contributed by atoms with Crippen LogP contribution in [0.3, 0.4) is 0 Å². The fourth-order valence-electron chi connectivity index (χ4n) is 1.61. The first-order valence-corrected chi connectivity index (χ1v) is 5.79. The van der Waals surface area contributed by atoms with Gasteiger partial charge in [0, 0.05) is 6.20 Å². The Balaban J connectivity index is 2.21. The molecule has 1 aliphatic rings. The van der Waals surface area contributed by atoms with Crippen LogP contribution < -0.4 is 0 Å². The van der Waals surface area contributed by atoms with Crippen molar-refractivity contribution in [2.45, 2.75) is 31.8 Å². The first-order chi connectivity index (χ1) is 7.02. The Morgan fingerprint density at radius 3 is 2.87 bits per heavy atom. The molecular weight excluding hydrogens is 238 g/mol. The van der Waals surface area contributed by atoms with Gasteiger partial charge in [-0.1, -0.05) is 11.6 Å². The lowest BCUT2D eigenvalue weighted by Crippen LogP contribution is -2.23. The van der Waals surface area contributed by atoms with Crippen molar-refractivity contribution in [2.24, 2.45) is 0 Å². The first-order valence-electron chi connectivity index (χ1n) is 4.59. The number of aromatic nitrogens is 1. The van der Waals surface area contributed by atoms with E-state index in [0.717, 1.165) is 4.88 Å². The number of thiazole rings is 1. The molecule has 0 bridgehead atoms. The van der Waals surface area contributed by atoms with Crippen LogP contribution >= 0.6 is 22.9 Å². The number of aliphatic hydroxyl groups excluding tert-OH is 1. The lowest BCUT2D eigenvalue weighted by molar-refractivity contribution is -0.149. The SMILES string of the molecule is CC1(C)O[C@H](c2cnc(Cl)s2)[C@@H](CO)O1. The van der Waals surface area contributed by atoms with Gasteiger partial charge in [-0.2, -0.15) is 0 Å². The molecule has 0 aliphatic carbocycles. The summed E-state index contributed by atoms with van der Waals surface area (Å²) in [4.78, 5) is 4.82. The Hall–Kier alpha value is -0.200. The molecule has 0 unspecified atom stereocenters. The Bertz CT molecular complexity index is 355. The zero-order valence-corrected chi connectivity index (χ0v) is 10.0. The molecule has 15 heavy (non-hydrogen) atoms. The van der Waals surface area contributed by atoms with Crippen LogP contribution in [-0.4, -0.2) is 28.6 Å². The number of rotatable bonds is 2. The van der Waals surface area contributed by atoms with Crippen molar-refractivity contribution in [3.63, 3.8) is 0 Å². The lowest BCUT2D eigenvalue weighted by Gasteiger charge is -2.16. The highest BCUT2D eigenvalue weighted by Crippen LogP contribution is 2.40. The minimum atomic E-state index is -0.672. The summed E-state index contributed by atoms with van der Waals surface area (Å²) in [5.74, 6) is -0.672. The monoisotopic (exact) mass is 249 g/mol. The molecular formula is C9H12ClNO3S. The zero-order valence-electron chi connectivity index (χ0n) is 8.44. The minimum absolute atomic E-state index is 0.0797. The maximum atomic E-state index is 9.18. The predicted molar refractivity (Wildman–Crippen MR) is 57.0 cm³/mol. The molecule has 2 heterocycles. The normalized spacial score (nSPS) is 29.6. The molecule has 1 fully saturated rings. The second kappa shape index (κ2) is 3.99. The highest BCUT2D eigenvalue weighted by molar-refractivity contribution is 7.15. The molecule has 0 saturated carbocycles. The van der Waals surface area contributed by atoms with Crippen molar-refractivity contribution in [1.82, 2.24) is 4.98 Å². The van der Waals surface area contributed by atoms with Gasteiger partial charge >= 0.3 is 0 Å². The van der Waals surface area contributed by atoms with Gasteiger partial charge in [-0.15, -0.1) is 11.3 Å². The smallest absolute Gasteiger partial charge is 0.183 e. The number of aliphatic hydroxyl groups is 1. The number of halogens is 1. The molecule has 2 rings (SSSR count). The van der Waals surface area contributed by atoms with Gasteiger partial charge in [-0.25, -0.2) is 4.98 Å². The van der Waals surface area contributed by atoms with Crippen LogP contribution in [0.2, 0.25) is 4.47 Å². The third-order valence-corrected chi connectivity index (χ3v) is 3.32. The van der Waals surface area contributed by atoms with Crippen molar-refractivity contribution < 1.29 is 14.6 Å². The van der Waals surface area contributed by atoms with Crippen LogP contribution in [0.4, 0.5) is 0 Å². The Kier molecular flexibility index (Phi) is 3.00. The van der Waals surface area contributed by atoms with Gasteiger partial charge in [0.05, 0.1) is 11.5 Å². The second-order valence-corrected chi connectivity index (χ2v) is 5.44. The van der Waals surface area contributed by atoms with Crippen LogP contribution in [0.25, 0.3) is 0 Å². The second-order valence-electron chi connectivity index (χ2n) is 3.79. The molecule has 1 saturated heterocycles. The van der Waals surface area contributed by atoms with E-state index in [4.69, 9.17) is 21.1 Å². The molecule has 2 atom stereocenters. The van der Waals surface area contributed by atoms with E-state index >= 15 is 0 Å². The average Bonchev–Trinajstić information content (AvgIpc) is 2.69. The van der Waals surface area contributed by atoms with Gasteiger partial charge in [0.15, 0.2) is 10.3 Å². The Morgan fingerprint density at radius 1 is 1.60 bits per heavy atom. The molecule has 1 aliphatic heterocycles. The highest BCUT2D eigenvalue weighted by atomic mass is 35.5. The maximum absolute atomic E-state index is 9.18. The molecule has 84 valence electrons. The van der Waals surface area contributed by atoms with Crippen molar-refractivity contribution in [1.29, 1.82) is 0 Å². The summed E-state index contributed by atoms with van der Waals surface area (Å²) >= 11 is 7.09. The fraction of sp³-hybridized carbons (Fsp3) is 0.667. The van der Waals surface area contributed by atoms with Crippen LogP contribution in [0, 0.1) is 0 Å². The molecule has 0 spiro atoms. The number of hydrogen-bond donors (Lipinski definition) is 1. The van der Waals surface area contributed by atoms with Crippen LogP contribution in [0.5, 0.6) is 0 Å². The standard InChI is InChI=1S/C9H12ClNO3S/c1-9(2)13-5(4-12)7(14-9)6-3-11-8(10)15-6/h3,5,7,12H,4H2,1-2H3/t5-,7+/m1/s1. The summed E-state index contributed by atoms with van der Waals surface area (Å²) in [7, 11) is 0. The Morgan fingerprint density at radius 2 is 2.33 bits per heavy atom. The van der Waals surface area contributed by atoms with Gasteiger partial charge < -0.3 is 14.6 Å². The van der Waals surface area contributed by atoms with Crippen molar-refractivity contribution in [2.75, 3.05) is 6.61 Å². The predicted octanol–water partition coefficient (Wildman–Crippen LogP) is 1.98. The van der Waals surface area contributed by atoms with E-state index in [2.05, 4.69) is 4.98 Å². The van der Waals surface area contributed by atoms with E-state index in [1.807, 2.05) is 13.8 Å². The molecule has 0 amide bonds. The lowest BCUT2D eigenvalue weighted by atomic mass is 10.2. The summed E-state index contributed by atoms with van der Waals surface area (Å²) in [5, 5.41) is 9.18. The van der Waals surface area contributed by atoms with Gasteiger partial charge in [-0.05, 0) is 13.8 Å². The van der Waals surface area contributed by atoms with E-state index in [0.29, 0.717) is 4.47 Å². The maximum Gasteiger partial charge on any atom is 0.183 e. The third-order valence-electron chi connectivity index (χ3n) is 2.14. The summed E-state index contributed by atoms with van der Waals surface area (Å²) in [6, 6.07) is 0. The van der Waals surface area contributed by atoms with Crippen molar-refractivity contribution >= 4 is 22.9 Å². The number of hydrogen-bond acceptors (Lipinski definition) is 5. The van der Waals surface area contributed by atoms with Crippen LogP contribution in [-0.2, 0) is 9.47 Å². The van der Waals surface area contributed by atoms with Gasteiger partial charge in [0.1, 0.15) is 12.2 Å². The van der Waals surface area contributed by atoms with Crippen molar-refractivity contribution in [3.8, 4) is 0 Å². The van der Waals surface area contributed by atoms with E-state index in [1.54, 1.807) is 6.20 Å². The number of ether oxygens (including phenoxy) is 2. The summed E-state index contributed by atoms with van der Waals surface area (Å²) in [6.07, 6.45) is 1.02.